The topological polar surface area (TPSA) is 408 Å². The van der Waals surface area contributed by atoms with Gasteiger partial charge in [-0.15, -0.1) is 0 Å². The zero-order valence-corrected chi connectivity index (χ0v) is 44.5. The van der Waals surface area contributed by atoms with Crippen molar-refractivity contribution in [3.63, 3.8) is 0 Å². The molecule has 0 saturated carbocycles. The Hall–Kier alpha value is -8.52. The molecule has 0 aliphatic carbocycles. The number of rotatable bonds is 18. The average molecular weight is 1050 g/mol. The number of nitrogens with one attached hydrogen (secondary N) is 6. The molecule has 0 atom stereocenters. The smallest absolute Gasteiger partial charge is 0.303 e. The molecule has 6 aromatic heterocycles. The predicted octanol–water partition coefficient (Wildman–Crippen LogP) is 3.42. The number of ketones is 5. The summed E-state index contributed by atoms with van der Waals surface area (Å²) in [6.45, 7) is 21.4. The van der Waals surface area contributed by atoms with E-state index in [0.29, 0.717) is 66.9 Å². The second-order valence-corrected chi connectivity index (χ2v) is 17.4. The molecule has 0 unspecified atom stereocenters. The molecule has 1 aliphatic heterocycles. The first-order chi connectivity index (χ1) is 35.1. The van der Waals surface area contributed by atoms with Crippen LogP contribution in [-0.4, -0.2) is 143 Å². The molecule has 27 heteroatoms. The van der Waals surface area contributed by atoms with Crippen LogP contribution in [0.25, 0.3) is 0 Å². The van der Waals surface area contributed by atoms with E-state index in [1.807, 2.05) is 41.5 Å². The number of aliphatic carboxylic acids is 2. The van der Waals surface area contributed by atoms with Gasteiger partial charge in [0, 0.05) is 42.8 Å². The number of nitrogens with zero attached hydrogens (tertiary/aromatic N) is 10. The molecule has 1 fully saturated rings. The Balaban J connectivity index is 0.000000310. The van der Waals surface area contributed by atoms with Gasteiger partial charge in [-0.1, -0.05) is 0 Å². The van der Waals surface area contributed by atoms with Crippen LogP contribution in [0.2, 0.25) is 0 Å². The third kappa shape index (κ3) is 25.6. The first-order valence-corrected chi connectivity index (χ1v) is 23.6. The van der Waals surface area contributed by atoms with Crippen molar-refractivity contribution in [3.8, 4) is 0 Å². The molecule has 1 saturated heterocycles. The molecule has 8 N–H and O–H groups in total. The fourth-order valence-corrected chi connectivity index (χ4v) is 6.55. The Morgan fingerprint density at radius 3 is 1.04 bits per heavy atom. The zero-order valence-electron chi connectivity index (χ0n) is 44.5. The molecule has 7 heterocycles. The molecule has 0 bridgehead atoms. The highest BCUT2D eigenvalue weighted by molar-refractivity contribution is 6.01. The lowest BCUT2D eigenvalue weighted by Crippen LogP contribution is -2.28. The van der Waals surface area contributed by atoms with Crippen LogP contribution >= 0.6 is 0 Å². The van der Waals surface area contributed by atoms with Crippen molar-refractivity contribution in [2.75, 3.05) is 0 Å². The number of carboxylic acid groups (broad SMARTS) is 2. The maximum Gasteiger partial charge on any atom is 0.303 e. The largest absolute Gasteiger partial charge is 0.481 e. The number of imidazole rings is 3. The Kier molecular flexibility index (Phi) is 26.0. The van der Waals surface area contributed by atoms with Gasteiger partial charge in [-0.05, 0) is 83.1 Å². The summed E-state index contributed by atoms with van der Waals surface area (Å²) < 4.78 is 0. The summed E-state index contributed by atoms with van der Waals surface area (Å²) in [5.41, 5.74) is 5.32. The van der Waals surface area contributed by atoms with Crippen LogP contribution in [0, 0.1) is 62.3 Å². The summed E-state index contributed by atoms with van der Waals surface area (Å²) in [6.07, 6.45) is 1.98. The second kappa shape index (κ2) is 31.2. The number of aryl methyl sites for hydroxylation is 9. The van der Waals surface area contributed by atoms with Crippen molar-refractivity contribution >= 4 is 52.7 Å². The normalized spacial score (nSPS) is 11.3. The minimum absolute atomic E-state index is 0.0307. The fourth-order valence-electron chi connectivity index (χ4n) is 6.55. The Bertz CT molecular complexity index is 2820. The average Bonchev–Trinajstić information content (AvgIpc) is 4.20. The number of carbonyl (C=O) groups excluding carboxylic acids is 7. The number of hydrogen-bond donors (Lipinski definition) is 8. The zero-order chi connectivity index (χ0) is 56.5. The van der Waals surface area contributed by atoms with Crippen molar-refractivity contribution in [1.82, 2.24) is 80.3 Å². The van der Waals surface area contributed by atoms with Crippen LogP contribution in [0.5, 0.6) is 0 Å². The quantitative estimate of drug-likeness (QED) is 0.0572. The number of likely N-dealkylation sites (tertiary alicyclic amines) is 1. The van der Waals surface area contributed by atoms with Gasteiger partial charge < -0.3 is 25.2 Å². The van der Waals surface area contributed by atoms with Gasteiger partial charge in [0.15, 0.2) is 17.5 Å². The summed E-state index contributed by atoms with van der Waals surface area (Å²) in [7, 11) is 0. The summed E-state index contributed by atoms with van der Waals surface area (Å²) in [4.78, 5) is 132. The van der Waals surface area contributed by atoms with Crippen LogP contribution in [0.4, 0.5) is 0 Å². The summed E-state index contributed by atoms with van der Waals surface area (Å²) in [6, 6.07) is 0. The van der Waals surface area contributed by atoms with Crippen molar-refractivity contribution in [2.24, 2.45) is 0 Å². The molecule has 27 nitrogen and oxygen atoms in total. The van der Waals surface area contributed by atoms with E-state index in [-0.39, 0.29) is 85.8 Å². The minimum Gasteiger partial charge on any atom is -0.481 e. The van der Waals surface area contributed by atoms with Gasteiger partial charge >= 0.3 is 11.9 Å². The van der Waals surface area contributed by atoms with E-state index in [1.54, 1.807) is 34.6 Å². The molecule has 75 heavy (non-hydrogen) atoms. The van der Waals surface area contributed by atoms with Crippen LogP contribution in [-0.2, 0) is 81.8 Å². The van der Waals surface area contributed by atoms with Crippen molar-refractivity contribution in [3.05, 3.63) is 86.6 Å². The number of amides is 2. The molecule has 0 aromatic carbocycles. The standard InChI is InChI=1S/C10H14N2O3.C8H10N4O2.C8H11N3O3.2C8H12N2O.C6H9N3O/c1-6-9(12-7(2)11-6)5-8(13)3-4-10(14)15;1-5-9-6(11-10-5)4-12-7(13)2-3-8(12)14;1-5-9-7(11-10-5)4-6(12)2-3-8(13)14;2*1-5(11)4-8-6(2)9-7(3)10-8;1-4(10)3-6-7-5(2)8-9-6/h3-5H2,1-2H3,(H,11,12)(H,14,15);2-4H2,1H3,(H,9,10,11);2-4H2,1H3,(H,13,14)(H,9,10,11);2*4H2,1-3H3,(H,9,10);3H2,1-2H3,(H,7,8,9). The van der Waals surface area contributed by atoms with Crippen LogP contribution in [0.15, 0.2) is 0 Å². The molecule has 0 spiro atoms. The molecule has 406 valence electrons. The molecular weight excluding hydrogens is 977 g/mol. The SMILES string of the molecule is CC(=O)Cc1n[nH]c(C)n1.CC(=O)Cc1nc(C)[nH]c1C.CC(=O)Cc1nc(C)[nH]c1C.Cc1nc(CC(=O)CCC(=O)O)c(C)[nH]1.Cc1nc(CC(=O)CCC(=O)O)n[nH]1.Cc1nc(CN2C(=O)CCC2=O)n[nH]1. The van der Waals surface area contributed by atoms with Gasteiger partial charge in [-0.2, -0.15) is 15.3 Å². The maximum absolute atomic E-state index is 11.4. The summed E-state index contributed by atoms with van der Waals surface area (Å²) >= 11 is 0. The first-order valence-electron chi connectivity index (χ1n) is 23.6. The third-order valence-corrected chi connectivity index (χ3v) is 9.89. The molecule has 6 aromatic rings. The number of hydrogen-bond acceptors (Lipinski definition) is 18. The molecule has 1 aliphatic rings. The van der Waals surface area contributed by atoms with Gasteiger partial charge in [-0.25, -0.2) is 29.9 Å². The Morgan fingerprint density at radius 1 is 0.427 bits per heavy atom. The van der Waals surface area contributed by atoms with Crippen molar-refractivity contribution in [1.29, 1.82) is 0 Å². The van der Waals surface area contributed by atoms with E-state index < -0.39 is 11.9 Å². The number of H-pyrrole nitrogens is 6. The second-order valence-electron chi connectivity index (χ2n) is 17.4. The lowest BCUT2D eigenvalue weighted by molar-refractivity contribution is -0.140. The van der Waals surface area contributed by atoms with Gasteiger partial charge in [0.2, 0.25) is 11.8 Å². The van der Waals surface area contributed by atoms with Crippen LogP contribution in [0.3, 0.4) is 0 Å². The number of carbonyl (C=O) groups is 9. The van der Waals surface area contributed by atoms with Crippen molar-refractivity contribution in [2.45, 2.75) is 160 Å². The Morgan fingerprint density at radius 2 is 0.747 bits per heavy atom. The number of aromatic nitrogens is 15. The van der Waals surface area contributed by atoms with Gasteiger partial charge in [-0.3, -0.25) is 63.3 Å². The summed E-state index contributed by atoms with van der Waals surface area (Å²) in [5.74, 6) is 4.00. The van der Waals surface area contributed by atoms with Crippen LogP contribution in [0.1, 0.15) is 146 Å². The monoisotopic (exact) mass is 1040 g/mol. The van der Waals surface area contributed by atoms with E-state index in [9.17, 15) is 43.2 Å². The van der Waals surface area contributed by atoms with E-state index in [0.717, 1.165) is 51.8 Å². The number of Topliss-reactive ketones (excluding diaryl/α,β-unsaturated/α-hetero) is 5. The van der Waals surface area contributed by atoms with Crippen molar-refractivity contribution < 1.29 is 53.4 Å². The molecular formula is C48H68N16O11. The van der Waals surface area contributed by atoms with Gasteiger partial charge in [0.25, 0.3) is 0 Å². The Labute approximate surface area is 432 Å². The molecule has 2 amide bonds. The maximum atomic E-state index is 11.4. The fraction of sp³-hybridized carbons (Fsp3) is 0.500. The number of carboxylic acids is 2. The lowest BCUT2D eigenvalue weighted by Gasteiger charge is -2.09. The van der Waals surface area contributed by atoms with Gasteiger partial charge in [0.1, 0.15) is 63.9 Å². The minimum atomic E-state index is -0.968. The lowest BCUT2D eigenvalue weighted by atomic mass is 10.1. The number of aromatic amines is 6. The van der Waals surface area contributed by atoms with E-state index in [1.165, 1.54) is 11.8 Å². The van der Waals surface area contributed by atoms with E-state index in [2.05, 4.69) is 75.4 Å². The molecule has 0 radical (unpaired) electrons. The third-order valence-electron chi connectivity index (χ3n) is 9.89. The highest BCUT2D eigenvalue weighted by Gasteiger charge is 2.29. The number of imide groups is 1. The molecule has 7 rings (SSSR count). The van der Waals surface area contributed by atoms with E-state index >= 15 is 0 Å². The van der Waals surface area contributed by atoms with Gasteiger partial charge in [0.05, 0.1) is 68.6 Å². The summed E-state index contributed by atoms with van der Waals surface area (Å²) in [5, 5.41) is 36.1. The van der Waals surface area contributed by atoms with E-state index in [4.69, 9.17) is 10.2 Å². The highest BCUT2D eigenvalue weighted by Crippen LogP contribution is 2.14. The first kappa shape index (κ1) is 62.6. The predicted molar refractivity (Wildman–Crippen MR) is 267 cm³/mol. The van der Waals surface area contributed by atoms with Crippen LogP contribution < -0.4 is 0 Å². The highest BCUT2D eigenvalue weighted by atomic mass is 16.4.